The summed E-state index contributed by atoms with van der Waals surface area (Å²) in [5, 5.41) is 12.1. The van der Waals surface area contributed by atoms with Gasteiger partial charge in [0, 0.05) is 18.0 Å². The van der Waals surface area contributed by atoms with Crippen LogP contribution in [0.25, 0.3) is 0 Å². The third-order valence-corrected chi connectivity index (χ3v) is 2.92. The first-order valence-corrected chi connectivity index (χ1v) is 5.23. The molecule has 0 aliphatic carbocycles. The fourth-order valence-corrected chi connectivity index (χ4v) is 1.64. The van der Waals surface area contributed by atoms with Gasteiger partial charge in [0.25, 0.3) is 0 Å². The van der Waals surface area contributed by atoms with Crippen molar-refractivity contribution in [1.29, 1.82) is 0 Å². The van der Waals surface area contributed by atoms with Crippen molar-refractivity contribution in [1.82, 2.24) is 9.88 Å². The van der Waals surface area contributed by atoms with Crippen LogP contribution in [0.5, 0.6) is 0 Å². The number of aliphatic hydroxyl groups is 1. The Kier molecular flexibility index (Phi) is 3.84. The molecule has 1 unspecified atom stereocenters. The third-order valence-electron chi connectivity index (χ3n) is 2.09. The number of aliphatic hydroxyl groups excluding tert-OH is 1. The van der Waals surface area contributed by atoms with Crippen molar-refractivity contribution < 1.29 is 5.11 Å². The smallest absolute Gasteiger partial charge is 0.0897 e. The molecule has 1 heterocycles. The summed E-state index contributed by atoms with van der Waals surface area (Å²) in [5.74, 6) is 0. The summed E-state index contributed by atoms with van der Waals surface area (Å²) in [6.45, 7) is 5.01. The van der Waals surface area contributed by atoms with Gasteiger partial charge in [-0.3, -0.25) is 4.90 Å². The SMILES string of the molecule is Cc1nc(CN(C)C(C)CO)cs1. The average Bonchev–Trinajstić information content (AvgIpc) is 2.49. The number of aromatic nitrogens is 1. The molecular weight excluding hydrogens is 184 g/mol. The van der Waals surface area contributed by atoms with Crippen molar-refractivity contribution in [3.63, 3.8) is 0 Å². The van der Waals surface area contributed by atoms with E-state index in [0.717, 1.165) is 17.2 Å². The Morgan fingerprint density at radius 1 is 1.69 bits per heavy atom. The molecule has 0 aliphatic rings. The van der Waals surface area contributed by atoms with Crippen molar-refractivity contribution >= 4 is 11.3 Å². The topological polar surface area (TPSA) is 36.4 Å². The number of thiazole rings is 1. The first-order valence-electron chi connectivity index (χ1n) is 4.35. The van der Waals surface area contributed by atoms with Gasteiger partial charge in [-0.25, -0.2) is 4.98 Å². The summed E-state index contributed by atoms with van der Waals surface area (Å²) in [4.78, 5) is 6.45. The zero-order chi connectivity index (χ0) is 9.84. The Hall–Kier alpha value is -0.450. The Bertz CT molecular complexity index is 262. The number of likely N-dealkylation sites (N-methyl/N-ethyl adjacent to an activating group) is 1. The van der Waals surface area contributed by atoms with Crippen LogP contribution < -0.4 is 0 Å². The lowest BCUT2D eigenvalue weighted by Crippen LogP contribution is -2.31. The number of hydrogen-bond donors (Lipinski definition) is 1. The van der Waals surface area contributed by atoms with Crippen LogP contribution in [0.1, 0.15) is 17.6 Å². The van der Waals surface area contributed by atoms with Crippen molar-refractivity contribution in [2.24, 2.45) is 0 Å². The lowest BCUT2D eigenvalue weighted by Gasteiger charge is -2.21. The zero-order valence-electron chi connectivity index (χ0n) is 8.32. The van der Waals surface area contributed by atoms with Crippen molar-refractivity contribution in [3.8, 4) is 0 Å². The first-order chi connectivity index (χ1) is 6.13. The van der Waals surface area contributed by atoms with Gasteiger partial charge in [-0.15, -0.1) is 11.3 Å². The zero-order valence-corrected chi connectivity index (χ0v) is 9.14. The molecule has 0 amide bonds. The second-order valence-electron chi connectivity index (χ2n) is 3.30. The van der Waals surface area contributed by atoms with Crippen LogP contribution in [0.4, 0.5) is 0 Å². The molecule has 0 aliphatic heterocycles. The summed E-state index contributed by atoms with van der Waals surface area (Å²) in [5.41, 5.74) is 1.09. The van der Waals surface area contributed by atoms with Crippen LogP contribution >= 0.6 is 11.3 Å². The molecule has 1 aromatic rings. The van der Waals surface area contributed by atoms with Gasteiger partial charge in [0.1, 0.15) is 0 Å². The second-order valence-corrected chi connectivity index (χ2v) is 4.37. The molecular formula is C9H16N2OS. The predicted octanol–water partition coefficient (Wildman–Crippen LogP) is 1.26. The summed E-state index contributed by atoms with van der Waals surface area (Å²) in [6, 6.07) is 0.196. The van der Waals surface area contributed by atoms with E-state index in [-0.39, 0.29) is 12.6 Å². The minimum Gasteiger partial charge on any atom is -0.395 e. The molecule has 0 spiro atoms. The maximum Gasteiger partial charge on any atom is 0.0897 e. The second kappa shape index (κ2) is 4.69. The standard InChI is InChI=1S/C9H16N2OS/c1-7(5-12)11(3)4-9-6-13-8(2)10-9/h6-7,12H,4-5H2,1-3H3. The van der Waals surface area contributed by atoms with Crippen LogP contribution in [0.15, 0.2) is 5.38 Å². The quantitative estimate of drug-likeness (QED) is 0.795. The van der Waals surface area contributed by atoms with Crippen molar-refractivity contribution in [2.75, 3.05) is 13.7 Å². The van der Waals surface area contributed by atoms with E-state index in [1.165, 1.54) is 0 Å². The van der Waals surface area contributed by atoms with Crippen LogP contribution in [0.2, 0.25) is 0 Å². The normalized spacial score (nSPS) is 13.6. The van der Waals surface area contributed by atoms with Gasteiger partial charge >= 0.3 is 0 Å². The molecule has 0 aromatic carbocycles. The molecule has 1 aromatic heterocycles. The van der Waals surface area contributed by atoms with E-state index in [9.17, 15) is 0 Å². The number of aryl methyl sites for hydroxylation is 1. The summed E-state index contributed by atoms with van der Waals surface area (Å²) in [7, 11) is 2.00. The molecule has 13 heavy (non-hydrogen) atoms. The fraction of sp³-hybridized carbons (Fsp3) is 0.667. The van der Waals surface area contributed by atoms with E-state index >= 15 is 0 Å². The molecule has 0 bridgehead atoms. The van der Waals surface area contributed by atoms with E-state index < -0.39 is 0 Å². The third kappa shape index (κ3) is 3.06. The van der Waals surface area contributed by atoms with E-state index in [0.29, 0.717) is 0 Å². The van der Waals surface area contributed by atoms with Crippen LogP contribution in [0.3, 0.4) is 0 Å². The van der Waals surface area contributed by atoms with E-state index in [4.69, 9.17) is 5.11 Å². The van der Waals surface area contributed by atoms with Crippen LogP contribution in [-0.4, -0.2) is 34.7 Å². The lowest BCUT2D eigenvalue weighted by molar-refractivity contribution is 0.153. The highest BCUT2D eigenvalue weighted by atomic mass is 32.1. The molecule has 0 radical (unpaired) electrons. The maximum atomic E-state index is 8.93. The number of rotatable bonds is 4. The predicted molar refractivity (Wildman–Crippen MR) is 54.9 cm³/mol. The monoisotopic (exact) mass is 200 g/mol. The van der Waals surface area contributed by atoms with Gasteiger partial charge in [0.05, 0.1) is 17.3 Å². The van der Waals surface area contributed by atoms with Crippen LogP contribution in [-0.2, 0) is 6.54 Å². The van der Waals surface area contributed by atoms with Crippen molar-refractivity contribution in [2.45, 2.75) is 26.4 Å². The minimum atomic E-state index is 0.194. The highest BCUT2D eigenvalue weighted by Gasteiger charge is 2.09. The molecule has 0 saturated carbocycles. The van der Waals surface area contributed by atoms with E-state index in [1.54, 1.807) is 11.3 Å². The molecule has 4 heteroatoms. The van der Waals surface area contributed by atoms with Crippen LogP contribution in [0, 0.1) is 6.92 Å². The lowest BCUT2D eigenvalue weighted by atomic mass is 10.3. The molecule has 3 nitrogen and oxygen atoms in total. The Labute approximate surface area is 83.0 Å². The molecule has 1 atom stereocenters. The Balaban J connectivity index is 2.49. The maximum absolute atomic E-state index is 8.93. The van der Waals surface area contributed by atoms with Gasteiger partial charge < -0.3 is 5.11 Å². The molecule has 74 valence electrons. The van der Waals surface area contributed by atoms with Gasteiger partial charge in [-0.2, -0.15) is 0 Å². The van der Waals surface area contributed by atoms with Gasteiger partial charge in [-0.1, -0.05) is 0 Å². The molecule has 0 saturated heterocycles. The highest BCUT2D eigenvalue weighted by Crippen LogP contribution is 2.10. The summed E-state index contributed by atoms with van der Waals surface area (Å²) < 4.78 is 0. The molecule has 0 fully saturated rings. The van der Waals surface area contributed by atoms with Gasteiger partial charge in [-0.05, 0) is 20.9 Å². The minimum absolute atomic E-state index is 0.194. The van der Waals surface area contributed by atoms with Gasteiger partial charge in [0.2, 0.25) is 0 Å². The number of nitrogens with zero attached hydrogens (tertiary/aromatic N) is 2. The summed E-state index contributed by atoms with van der Waals surface area (Å²) in [6.07, 6.45) is 0. The Morgan fingerprint density at radius 3 is 2.85 bits per heavy atom. The Morgan fingerprint density at radius 2 is 2.38 bits per heavy atom. The van der Waals surface area contributed by atoms with Gasteiger partial charge in [0.15, 0.2) is 0 Å². The first kappa shape index (κ1) is 10.6. The van der Waals surface area contributed by atoms with Crippen molar-refractivity contribution in [3.05, 3.63) is 16.1 Å². The summed E-state index contributed by atoms with van der Waals surface area (Å²) >= 11 is 1.67. The fourth-order valence-electron chi connectivity index (χ4n) is 1.03. The van der Waals surface area contributed by atoms with E-state index in [2.05, 4.69) is 15.3 Å². The average molecular weight is 200 g/mol. The van der Waals surface area contributed by atoms with E-state index in [1.807, 2.05) is 20.9 Å². The number of hydrogen-bond acceptors (Lipinski definition) is 4. The largest absolute Gasteiger partial charge is 0.395 e. The molecule has 1 rings (SSSR count). The molecule has 1 N–H and O–H groups in total. The highest BCUT2D eigenvalue weighted by molar-refractivity contribution is 7.09.